The van der Waals surface area contributed by atoms with Gasteiger partial charge in [-0.05, 0) is 67.1 Å². The summed E-state index contributed by atoms with van der Waals surface area (Å²) < 4.78 is 14.2. The van der Waals surface area contributed by atoms with Gasteiger partial charge in [-0.25, -0.2) is 4.39 Å². The third-order valence-corrected chi connectivity index (χ3v) is 8.04. The normalized spacial score (nSPS) is 58.9. The van der Waals surface area contributed by atoms with Crippen LogP contribution >= 0.6 is 0 Å². The highest BCUT2D eigenvalue weighted by atomic mass is 19.1. The van der Waals surface area contributed by atoms with E-state index >= 15 is 0 Å². The number of aliphatic hydroxyl groups excluding tert-OH is 3. The lowest BCUT2D eigenvalue weighted by Crippen LogP contribution is -2.55. The summed E-state index contributed by atoms with van der Waals surface area (Å²) >= 11 is 0. The van der Waals surface area contributed by atoms with E-state index in [4.69, 9.17) is 0 Å². The van der Waals surface area contributed by atoms with Crippen LogP contribution in [0.1, 0.15) is 52.4 Å². The zero-order valence-corrected chi connectivity index (χ0v) is 14.1. The zero-order valence-electron chi connectivity index (χ0n) is 14.1. The van der Waals surface area contributed by atoms with Crippen molar-refractivity contribution in [3.05, 3.63) is 11.6 Å². The number of aliphatic hydroxyl groups is 3. The van der Waals surface area contributed by atoms with E-state index in [1.807, 2.05) is 13.0 Å². The van der Waals surface area contributed by atoms with Gasteiger partial charge in [0.15, 0.2) is 0 Å². The molecule has 0 saturated heterocycles. The number of hydrogen-bond donors (Lipinski definition) is 3. The Morgan fingerprint density at radius 2 is 1.83 bits per heavy atom. The van der Waals surface area contributed by atoms with Gasteiger partial charge in [0.05, 0.1) is 18.3 Å². The fraction of sp³-hybridized carbons (Fsp3) is 0.895. The largest absolute Gasteiger partial charge is 0.393 e. The Balaban J connectivity index is 1.73. The van der Waals surface area contributed by atoms with Crippen molar-refractivity contribution in [2.75, 3.05) is 0 Å². The molecule has 0 heterocycles. The van der Waals surface area contributed by atoms with Crippen LogP contribution in [0.15, 0.2) is 11.6 Å². The van der Waals surface area contributed by atoms with E-state index in [0.717, 1.165) is 25.7 Å². The Hall–Kier alpha value is -0.450. The fourth-order valence-electron chi connectivity index (χ4n) is 6.58. The molecule has 0 aromatic rings. The third-order valence-electron chi connectivity index (χ3n) is 8.04. The molecule has 4 aliphatic rings. The minimum absolute atomic E-state index is 0.0177. The maximum absolute atomic E-state index is 14.2. The quantitative estimate of drug-likeness (QED) is 0.600. The molecule has 130 valence electrons. The summed E-state index contributed by atoms with van der Waals surface area (Å²) in [5.41, 5.74) is 0.810. The highest BCUT2D eigenvalue weighted by Crippen LogP contribution is 2.65. The molecule has 0 aromatic heterocycles. The maximum Gasteiger partial charge on any atom is 0.127 e. The SMILES string of the molecule is C[C@]12CCC(O)CC1=CC(O)[C@@H]1[C@H]2CC[C@]2(C)C(O)C(F)C[C@@H]12. The van der Waals surface area contributed by atoms with Crippen LogP contribution < -0.4 is 0 Å². The molecule has 0 amide bonds. The van der Waals surface area contributed by atoms with Crippen LogP contribution in [0, 0.1) is 28.6 Å². The second-order valence-corrected chi connectivity index (χ2v) is 9.03. The van der Waals surface area contributed by atoms with Crippen LogP contribution in [-0.2, 0) is 0 Å². The molecule has 4 heteroatoms. The molecule has 0 aliphatic heterocycles. The van der Waals surface area contributed by atoms with Gasteiger partial charge < -0.3 is 15.3 Å². The predicted molar refractivity (Wildman–Crippen MR) is 85.4 cm³/mol. The summed E-state index contributed by atoms with van der Waals surface area (Å²) in [5, 5.41) is 31.2. The van der Waals surface area contributed by atoms with Gasteiger partial charge in [-0.3, -0.25) is 0 Å². The van der Waals surface area contributed by atoms with Crippen molar-refractivity contribution in [2.45, 2.75) is 76.9 Å². The first-order chi connectivity index (χ1) is 10.8. The standard InChI is InChI=1S/C19H29FO3/c1-18-5-3-11(21)7-10(18)8-15(22)16-12(18)4-6-19(2)13(16)9-14(20)17(19)23/h8,11-17,21-23H,3-7,9H2,1-2H3/t11?,12-,13+,14?,15?,16-,17?,18+,19+/m1/s1. The Kier molecular flexibility index (Phi) is 3.51. The van der Waals surface area contributed by atoms with Crippen molar-refractivity contribution in [1.29, 1.82) is 0 Å². The lowest BCUT2D eigenvalue weighted by atomic mass is 9.47. The van der Waals surface area contributed by atoms with Gasteiger partial charge in [-0.2, -0.15) is 0 Å². The number of rotatable bonds is 0. The van der Waals surface area contributed by atoms with Crippen molar-refractivity contribution >= 4 is 0 Å². The second kappa shape index (κ2) is 5.03. The van der Waals surface area contributed by atoms with E-state index < -0.39 is 23.8 Å². The van der Waals surface area contributed by atoms with Crippen molar-refractivity contribution in [3.8, 4) is 0 Å². The number of halogens is 1. The molecule has 4 rings (SSSR count). The van der Waals surface area contributed by atoms with Crippen LogP contribution in [0.25, 0.3) is 0 Å². The minimum atomic E-state index is -1.16. The van der Waals surface area contributed by atoms with E-state index in [1.54, 1.807) is 0 Å². The van der Waals surface area contributed by atoms with E-state index in [0.29, 0.717) is 18.8 Å². The Morgan fingerprint density at radius 3 is 2.57 bits per heavy atom. The summed E-state index contributed by atoms with van der Waals surface area (Å²) in [5.74, 6) is 0.413. The zero-order chi connectivity index (χ0) is 16.6. The van der Waals surface area contributed by atoms with Crippen LogP contribution in [0.3, 0.4) is 0 Å². The molecule has 4 aliphatic carbocycles. The van der Waals surface area contributed by atoms with Gasteiger partial charge in [0.2, 0.25) is 0 Å². The smallest absolute Gasteiger partial charge is 0.127 e. The van der Waals surface area contributed by atoms with Crippen molar-refractivity contribution in [1.82, 2.24) is 0 Å². The summed E-state index contributed by atoms with van der Waals surface area (Å²) in [6, 6.07) is 0. The van der Waals surface area contributed by atoms with Crippen LogP contribution in [0.4, 0.5) is 4.39 Å². The number of hydrogen-bond acceptors (Lipinski definition) is 3. The molecule has 0 radical (unpaired) electrons. The van der Waals surface area contributed by atoms with Gasteiger partial charge in [0.25, 0.3) is 0 Å². The molecular weight excluding hydrogens is 295 g/mol. The minimum Gasteiger partial charge on any atom is -0.393 e. The van der Waals surface area contributed by atoms with Crippen molar-refractivity contribution in [2.24, 2.45) is 28.6 Å². The van der Waals surface area contributed by atoms with Gasteiger partial charge >= 0.3 is 0 Å². The first-order valence-electron chi connectivity index (χ1n) is 9.17. The summed E-state index contributed by atoms with van der Waals surface area (Å²) in [6.45, 7) is 4.28. The third kappa shape index (κ3) is 2.04. The van der Waals surface area contributed by atoms with Gasteiger partial charge in [0.1, 0.15) is 6.17 Å². The predicted octanol–water partition coefficient (Wildman–Crippen LogP) is 2.59. The van der Waals surface area contributed by atoms with E-state index in [1.165, 1.54) is 5.57 Å². The summed E-state index contributed by atoms with van der Waals surface area (Å²) in [4.78, 5) is 0. The highest BCUT2D eigenvalue weighted by molar-refractivity contribution is 5.28. The molecular formula is C19H29FO3. The molecule has 3 fully saturated rings. The topological polar surface area (TPSA) is 60.7 Å². The van der Waals surface area contributed by atoms with Gasteiger partial charge in [-0.15, -0.1) is 0 Å². The lowest BCUT2D eigenvalue weighted by molar-refractivity contribution is -0.108. The van der Waals surface area contributed by atoms with Crippen molar-refractivity contribution < 1.29 is 19.7 Å². The van der Waals surface area contributed by atoms with E-state index in [2.05, 4.69) is 6.92 Å². The molecule has 3 N–H and O–H groups in total. The molecule has 3 saturated carbocycles. The van der Waals surface area contributed by atoms with Crippen molar-refractivity contribution in [3.63, 3.8) is 0 Å². The monoisotopic (exact) mass is 324 g/mol. The summed E-state index contributed by atoms with van der Waals surface area (Å²) in [6.07, 6.45) is 3.57. The average molecular weight is 324 g/mol. The average Bonchev–Trinajstić information content (AvgIpc) is 2.73. The Bertz CT molecular complexity index is 535. The maximum atomic E-state index is 14.2. The first-order valence-corrected chi connectivity index (χ1v) is 9.17. The molecule has 0 aromatic carbocycles. The molecule has 0 spiro atoms. The van der Waals surface area contributed by atoms with Gasteiger partial charge in [0, 0.05) is 0 Å². The van der Waals surface area contributed by atoms with E-state index in [-0.39, 0.29) is 23.4 Å². The van der Waals surface area contributed by atoms with Crippen LogP contribution in [0.2, 0.25) is 0 Å². The fourth-order valence-corrected chi connectivity index (χ4v) is 6.58. The van der Waals surface area contributed by atoms with E-state index in [9.17, 15) is 19.7 Å². The highest BCUT2D eigenvalue weighted by Gasteiger charge is 2.63. The first kappa shape index (κ1) is 16.0. The Morgan fingerprint density at radius 1 is 1.09 bits per heavy atom. The molecule has 4 unspecified atom stereocenters. The number of fused-ring (bicyclic) bond motifs is 5. The molecule has 9 atom stereocenters. The summed E-state index contributed by atoms with van der Waals surface area (Å²) in [7, 11) is 0. The second-order valence-electron chi connectivity index (χ2n) is 9.03. The lowest BCUT2D eigenvalue weighted by Gasteiger charge is -2.58. The molecule has 3 nitrogen and oxygen atoms in total. The molecule has 0 bridgehead atoms. The van der Waals surface area contributed by atoms with Crippen LogP contribution in [-0.4, -0.2) is 39.8 Å². The van der Waals surface area contributed by atoms with Gasteiger partial charge in [-0.1, -0.05) is 25.5 Å². The number of alkyl halides is 1. The molecule has 23 heavy (non-hydrogen) atoms. The Labute approximate surface area is 137 Å². The van der Waals surface area contributed by atoms with Crippen LogP contribution in [0.5, 0.6) is 0 Å².